The van der Waals surface area contributed by atoms with Gasteiger partial charge in [0.25, 0.3) is 0 Å². The number of alkyl halides is 3. The summed E-state index contributed by atoms with van der Waals surface area (Å²) in [7, 11) is 0. The molecule has 5 heteroatoms. The van der Waals surface area contributed by atoms with Crippen molar-refractivity contribution in [3.05, 3.63) is 40.0 Å². The van der Waals surface area contributed by atoms with Gasteiger partial charge in [0.1, 0.15) is 0 Å². The number of rotatable bonds is 2. The fourth-order valence-corrected chi connectivity index (χ4v) is 2.45. The Morgan fingerprint density at radius 3 is 2.61 bits per heavy atom. The van der Waals surface area contributed by atoms with Crippen molar-refractivity contribution in [2.75, 3.05) is 0 Å². The largest absolute Gasteiger partial charge is 0.418 e. The van der Waals surface area contributed by atoms with Crippen LogP contribution in [0.5, 0.6) is 0 Å². The number of para-hydroxylation sites is 1. The van der Waals surface area contributed by atoms with Crippen LogP contribution in [0.1, 0.15) is 24.6 Å². The van der Waals surface area contributed by atoms with E-state index >= 15 is 0 Å². The van der Waals surface area contributed by atoms with Gasteiger partial charge in [-0.3, -0.25) is 4.98 Å². The molecule has 0 atom stereocenters. The Bertz CT molecular complexity index is 578. The van der Waals surface area contributed by atoms with Crippen LogP contribution in [0.25, 0.3) is 10.9 Å². The number of aromatic nitrogens is 1. The summed E-state index contributed by atoms with van der Waals surface area (Å²) in [5.74, 6) is 0. The molecule has 0 aliphatic carbocycles. The molecule has 0 spiro atoms. The highest BCUT2D eigenvalue weighted by Crippen LogP contribution is 2.36. The van der Waals surface area contributed by atoms with Crippen LogP contribution in [-0.2, 0) is 12.6 Å². The minimum absolute atomic E-state index is 0.0165. The molecule has 96 valence electrons. The highest BCUT2D eigenvalue weighted by molar-refractivity contribution is 9.10. The number of nitrogens with zero attached hydrogens (tertiary/aromatic N) is 1. The summed E-state index contributed by atoms with van der Waals surface area (Å²) in [5.41, 5.74) is 0.00931. The summed E-state index contributed by atoms with van der Waals surface area (Å²) >= 11 is 3.31. The highest BCUT2D eigenvalue weighted by Gasteiger charge is 2.33. The van der Waals surface area contributed by atoms with E-state index < -0.39 is 11.7 Å². The molecule has 0 saturated heterocycles. The lowest BCUT2D eigenvalue weighted by Crippen LogP contribution is -2.07. The summed E-state index contributed by atoms with van der Waals surface area (Å²) in [6.07, 6.45) is -2.86. The highest BCUT2D eigenvalue weighted by atomic mass is 79.9. The lowest BCUT2D eigenvalue weighted by molar-refractivity contribution is -0.136. The molecule has 18 heavy (non-hydrogen) atoms. The predicted molar refractivity (Wildman–Crippen MR) is 68.4 cm³/mol. The molecule has 2 aromatic rings. The normalized spacial score (nSPS) is 12.1. The third kappa shape index (κ3) is 2.51. The van der Waals surface area contributed by atoms with Gasteiger partial charge in [-0.05, 0) is 18.6 Å². The first-order valence-corrected chi connectivity index (χ1v) is 6.38. The van der Waals surface area contributed by atoms with Crippen LogP contribution in [0.15, 0.2) is 28.7 Å². The van der Waals surface area contributed by atoms with Crippen molar-refractivity contribution in [2.45, 2.75) is 25.9 Å². The summed E-state index contributed by atoms with van der Waals surface area (Å²) in [5, 5.41) is 0.490. The molecule has 0 aliphatic heterocycles. The molecule has 1 aromatic heterocycles. The van der Waals surface area contributed by atoms with E-state index in [-0.39, 0.29) is 5.52 Å². The van der Waals surface area contributed by atoms with Crippen molar-refractivity contribution in [1.29, 1.82) is 0 Å². The molecule has 0 amide bonds. The molecule has 0 N–H and O–H groups in total. The van der Waals surface area contributed by atoms with Gasteiger partial charge in [-0.25, -0.2) is 0 Å². The molecular formula is C13H11BrF3N. The van der Waals surface area contributed by atoms with Crippen LogP contribution in [0.3, 0.4) is 0 Å². The van der Waals surface area contributed by atoms with Gasteiger partial charge in [0.15, 0.2) is 0 Å². The lowest BCUT2D eigenvalue weighted by atomic mass is 10.1. The quantitative estimate of drug-likeness (QED) is 0.762. The Labute approximate surface area is 111 Å². The van der Waals surface area contributed by atoms with Crippen molar-refractivity contribution in [1.82, 2.24) is 4.98 Å². The molecule has 0 radical (unpaired) electrons. The maximum atomic E-state index is 12.9. The molecule has 0 fully saturated rings. The monoisotopic (exact) mass is 317 g/mol. The summed E-state index contributed by atoms with van der Waals surface area (Å²) in [6.45, 7) is 1.97. The van der Waals surface area contributed by atoms with Crippen molar-refractivity contribution < 1.29 is 13.2 Å². The Balaban J connectivity index is 2.74. The molecule has 0 unspecified atom stereocenters. The summed E-state index contributed by atoms with van der Waals surface area (Å²) in [6, 6.07) is 5.89. The van der Waals surface area contributed by atoms with Crippen LogP contribution >= 0.6 is 15.9 Å². The van der Waals surface area contributed by atoms with Crippen molar-refractivity contribution in [3.63, 3.8) is 0 Å². The second kappa shape index (κ2) is 4.88. The lowest BCUT2D eigenvalue weighted by Gasteiger charge is -2.11. The molecule has 0 saturated carbocycles. The zero-order valence-electron chi connectivity index (χ0n) is 9.68. The van der Waals surface area contributed by atoms with Gasteiger partial charge in [-0.2, -0.15) is 13.2 Å². The average Bonchev–Trinajstić information content (AvgIpc) is 2.27. The molecule has 1 aromatic carbocycles. The minimum atomic E-state index is -4.38. The van der Waals surface area contributed by atoms with Gasteiger partial charge >= 0.3 is 6.18 Å². The van der Waals surface area contributed by atoms with Crippen LogP contribution in [0.4, 0.5) is 13.2 Å². The van der Waals surface area contributed by atoms with E-state index in [4.69, 9.17) is 0 Å². The Morgan fingerprint density at radius 1 is 1.28 bits per heavy atom. The topological polar surface area (TPSA) is 12.9 Å². The Hall–Kier alpha value is -1.10. The Kier molecular flexibility index (Phi) is 3.61. The molecule has 2 rings (SSSR count). The first kappa shape index (κ1) is 13.3. The zero-order chi connectivity index (χ0) is 13.3. The van der Waals surface area contributed by atoms with E-state index in [1.807, 2.05) is 6.92 Å². The van der Waals surface area contributed by atoms with Crippen LogP contribution in [0.2, 0.25) is 0 Å². The summed E-state index contributed by atoms with van der Waals surface area (Å²) in [4.78, 5) is 4.14. The fourth-order valence-electron chi connectivity index (χ4n) is 1.87. The third-order valence-corrected chi connectivity index (χ3v) is 3.31. The molecule has 1 heterocycles. The number of fused-ring (bicyclic) bond motifs is 1. The van der Waals surface area contributed by atoms with Crippen molar-refractivity contribution >= 4 is 26.8 Å². The standard InChI is InChI=1S/C13H11BrF3N/c1-2-4-8-7-11(14)9-5-3-6-10(12(9)18-8)13(15,16)17/h3,5-7H,2,4H2,1H3. The SMILES string of the molecule is CCCc1cc(Br)c2cccc(C(F)(F)F)c2n1. The molecular weight excluding hydrogens is 307 g/mol. The van der Waals surface area contributed by atoms with Crippen LogP contribution in [-0.4, -0.2) is 4.98 Å². The second-order valence-corrected chi connectivity index (χ2v) is 4.90. The number of hydrogen-bond donors (Lipinski definition) is 0. The zero-order valence-corrected chi connectivity index (χ0v) is 11.3. The number of pyridine rings is 1. The van der Waals surface area contributed by atoms with Gasteiger partial charge in [0, 0.05) is 15.6 Å². The smallest absolute Gasteiger partial charge is 0.252 e. The fraction of sp³-hybridized carbons (Fsp3) is 0.308. The average molecular weight is 318 g/mol. The van der Waals surface area contributed by atoms with Gasteiger partial charge in [-0.15, -0.1) is 0 Å². The van der Waals surface area contributed by atoms with Gasteiger partial charge in [0.05, 0.1) is 11.1 Å². The van der Waals surface area contributed by atoms with E-state index in [9.17, 15) is 13.2 Å². The maximum Gasteiger partial charge on any atom is 0.418 e. The number of benzene rings is 1. The minimum Gasteiger partial charge on any atom is -0.252 e. The molecule has 0 aliphatic rings. The van der Waals surface area contributed by atoms with Gasteiger partial charge < -0.3 is 0 Å². The second-order valence-electron chi connectivity index (χ2n) is 4.04. The van der Waals surface area contributed by atoms with E-state index in [0.29, 0.717) is 22.0 Å². The van der Waals surface area contributed by atoms with Crippen molar-refractivity contribution in [2.24, 2.45) is 0 Å². The molecule has 0 bridgehead atoms. The number of halogens is 4. The summed E-state index contributed by atoms with van der Waals surface area (Å²) < 4.78 is 39.4. The van der Waals surface area contributed by atoms with Gasteiger partial charge in [0.2, 0.25) is 0 Å². The first-order valence-electron chi connectivity index (χ1n) is 5.59. The van der Waals surface area contributed by atoms with Crippen LogP contribution < -0.4 is 0 Å². The number of aryl methyl sites for hydroxylation is 1. The maximum absolute atomic E-state index is 12.9. The van der Waals surface area contributed by atoms with E-state index in [1.165, 1.54) is 6.07 Å². The van der Waals surface area contributed by atoms with Crippen molar-refractivity contribution in [3.8, 4) is 0 Å². The van der Waals surface area contributed by atoms with E-state index in [2.05, 4.69) is 20.9 Å². The number of hydrogen-bond acceptors (Lipinski definition) is 1. The van der Waals surface area contributed by atoms with E-state index in [0.717, 1.165) is 12.5 Å². The van der Waals surface area contributed by atoms with Gasteiger partial charge in [-0.1, -0.05) is 41.4 Å². The first-order chi connectivity index (χ1) is 8.43. The van der Waals surface area contributed by atoms with Crippen LogP contribution in [0, 0.1) is 0 Å². The Morgan fingerprint density at radius 2 is 2.00 bits per heavy atom. The van der Waals surface area contributed by atoms with E-state index in [1.54, 1.807) is 12.1 Å². The molecule has 1 nitrogen and oxygen atoms in total. The third-order valence-electron chi connectivity index (χ3n) is 2.65. The predicted octanol–water partition coefficient (Wildman–Crippen LogP) is 4.97.